The minimum atomic E-state index is 0.597. The fourth-order valence-corrected chi connectivity index (χ4v) is 3.45. The van der Waals surface area contributed by atoms with E-state index in [-0.39, 0.29) is 0 Å². The zero-order valence-corrected chi connectivity index (χ0v) is 13.0. The molecule has 0 amide bonds. The number of aromatic nitrogens is 2. The van der Waals surface area contributed by atoms with Crippen molar-refractivity contribution in [1.29, 1.82) is 0 Å². The molecule has 21 heavy (non-hydrogen) atoms. The van der Waals surface area contributed by atoms with Crippen LogP contribution in [0.2, 0.25) is 0 Å². The maximum Gasteiger partial charge on any atom is 0.0679 e. The van der Waals surface area contributed by atoms with Crippen LogP contribution in [0.25, 0.3) is 0 Å². The molecule has 1 aromatic carbocycles. The number of nitrogens with one attached hydrogen (secondary N) is 1. The van der Waals surface area contributed by atoms with E-state index in [1.54, 1.807) is 0 Å². The molecule has 3 unspecified atom stereocenters. The highest BCUT2D eigenvalue weighted by atomic mass is 15.3. The summed E-state index contributed by atoms with van der Waals surface area (Å²) in [4.78, 5) is 0. The van der Waals surface area contributed by atoms with Gasteiger partial charge in [-0.05, 0) is 48.8 Å². The molecule has 112 valence electrons. The number of hydrogen-bond acceptors (Lipinski definition) is 2. The third-order valence-electron chi connectivity index (χ3n) is 4.68. The van der Waals surface area contributed by atoms with Crippen LogP contribution in [0.5, 0.6) is 0 Å². The number of hydrogen-bond donors (Lipinski definition) is 1. The number of anilines is 1. The third-order valence-corrected chi connectivity index (χ3v) is 4.68. The number of nitrogens with zero attached hydrogens (tertiary/aromatic N) is 2. The van der Waals surface area contributed by atoms with E-state index in [4.69, 9.17) is 0 Å². The van der Waals surface area contributed by atoms with Gasteiger partial charge < -0.3 is 5.32 Å². The van der Waals surface area contributed by atoms with Crippen molar-refractivity contribution in [3.05, 3.63) is 48.3 Å². The Morgan fingerprint density at radius 2 is 2.05 bits per heavy atom. The number of para-hydroxylation sites is 1. The Bertz CT molecular complexity index is 562. The second-order valence-electron chi connectivity index (χ2n) is 6.51. The molecule has 3 atom stereocenters. The van der Waals surface area contributed by atoms with E-state index >= 15 is 0 Å². The monoisotopic (exact) mass is 283 g/mol. The van der Waals surface area contributed by atoms with Gasteiger partial charge in [-0.3, -0.25) is 4.68 Å². The standard InChI is InChI=1S/C18H25N3/c1-14-8-9-17(15(2)12-14)20-18-7-4-3-6-16(18)13-21-11-5-10-19-21/h3-7,10-11,14-15,17,20H,8-9,12-13H2,1-2H3. The molecule has 1 aliphatic carbocycles. The van der Waals surface area contributed by atoms with E-state index in [2.05, 4.69) is 48.5 Å². The minimum absolute atomic E-state index is 0.597. The maximum absolute atomic E-state index is 4.31. The molecule has 1 N–H and O–H groups in total. The van der Waals surface area contributed by atoms with Gasteiger partial charge in [-0.15, -0.1) is 0 Å². The van der Waals surface area contributed by atoms with Crippen LogP contribution in [0, 0.1) is 11.8 Å². The first-order valence-electron chi connectivity index (χ1n) is 8.04. The average Bonchev–Trinajstić information content (AvgIpc) is 2.97. The van der Waals surface area contributed by atoms with Gasteiger partial charge in [0.05, 0.1) is 6.54 Å². The average molecular weight is 283 g/mol. The smallest absolute Gasteiger partial charge is 0.0679 e. The molecule has 3 heteroatoms. The molecule has 2 aromatic rings. The molecule has 3 nitrogen and oxygen atoms in total. The van der Waals surface area contributed by atoms with Gasteiger partial charge in [0.25, 0.3) is 0 Å². The molecule has 0 radical (unpaired) electrons. The van der Waals surface area contributed by atoms with Crippen molar-refractivity contribution in [3.63, 3.8) is 0 Å². The summed E-state index contributed by atoms with van der Waals surface area (Å²) in [5, 5.41) is 8.10. The van der Waals surface area contributed by atoms with Gasteiger partial charge >= 0.3 is 0 Å². The molecule has 0 saturated heterocycles. The fraction of sp³-hybridized carbons (Fsp3) is 0.500. The number of benzene rings is 1. The lowest BCUT2D eigenvalue weighted by Gasteiger charge is -2.34. The Balaban J connectivity index is 1.73. The van der Waals surface area contributed by atoms with Gasteiger partial charge in [-0.25, -0.2) is 0 Å². The van der Waals surface area contributed by atoms with Crippen molar-refractivity contribution in [2.45, 2.75) is 45.7 Å². The normalized spacial score (nSPS) is 25.7. The highest BCUT2D eigenvalue weighted by molar-refractivity contribution is 5.52. The van der Waals surface area contributed by atoms with Crippen LogP contribution < -0.4 is 5.32 Å². The largest absolute Gasteiger partial charge is 0.382 e. The molecule has 1 aliphatic rings. The fourth-order valence-electron chi connectivity index (χ4n) is 3.45. The van der Waals surface area contributed by atoms with Crippen LogP contribution in [0.4, 0.5) is 5.69 Å². The lowest BCUT2D eigenvalue weighted by atomic mass is 9.80. The van der Waals surface area contributed by atoms with Crippen LogP contribution >= 0.6 is 0 Å². The van der Waals surface area contributed by atoms with E-state index < -0.39 is 0 Å². The van der Waals surface area contributed by atoms with Crippen molar-refractivity contribution < 1.29 is 0 Å². The van der Waals surface area contributed by atoms with E-state index in [0.29, 0.717) is 6.04 Å². The summed E-state index contributed by atoms with van der Waals surface area (Å²) in [6.07, 6.45) is 7.79. The first-order valence-corrected chi connectivity index (χ1v) is 8.04. The Hall–Kier alpha value is -1.77. The zero-order chi connectivity index (χ0) is 14.7. The van der Waals surface area contributed by atoms with E-state index in [9.17, 15) is 0 Å². The second-order valence-corrected chi connectivity index (χ2v) is 6.51. The van der Waals surface area contributed by atoms with Crippen LogP contribution in [-0.2, 0) is 6.54 Å². The Labute approximate surface area is 127 Å². The first-order chi connectivity index (χ1) is 10.2. The molecule has 0 aliphatic heterocycles. The zero-order valence-electron chi connectivity index (χ0n) is 13.0. The van der Waals surface area contributed by atoms with E-state index in [1.165, 1.54) is 30.5 Å². The van der Waals surface area contributed by atoms with Gasteiger partial charge in [-0.2, -0.15) is 5.10 Å². The summed E-state index contributed by atoms with van der Waals surface area (Å²) in [5.74, 6) is 1.61. The second kappa shape index (κ2) is 6.33. The van der Waals surface area contributed by atoms with Gasteiger partial charge in [-0.1, -0.05) is 32.0 Å². The summed E-state index contributed by atoms with van der Waals surface area (Å²) >= 11 is 0. The lowest BCUT2D eigenvalue weighted by molar-refractivity contribution is 0.276. The summed E-state index contributed by atoms with van der Waals surface area (Å²) in [6.45, 7) is 5.58. The topological polar surface area (TPSA) is 29.9 Å². The molecular formula is C18H25N3. The molecule has 3 rings (SSSR count). The molecule has 0 spiro atoms. The van der Waals surface area contributed by atoms with E-state index in [1.807, 2.05) is 23.1 Å². The molecule has 1 saturated carbocycles. The van der Waals surface area contributed by atoms with Crippen LogP contribution in [0.15, 0.2) is 42.7 Å². The predicted molar refractivity (Wildman–Crippen MR) is 87.4 cm³/mol. The van der Waals surface area contributed by atoms with Crippen molar-refractivity contribution >= 4 is 5.69 Å². The lowest BCUT2D eigenvalue weighted by Crippen LogP contribution is -2.33. The van der Waals surface area contributed by atoms with Crippen LogP contribution in [0.1, 0.15) is 38.7 Å². The predicted octanol–water partition coefficient (Wildman–Crippen LogP) is 4.17. The highest BCUT2D eigenvalue weighted by Crippen LogP contribution is 2.31. The first kappa shape index (κ1) is 14.2. The third kappa shape index (κ3) is 3.46. The molecule has 1 aromatic heterocycles. The van der Waals surface area contributed by atoms with Gasteiger partial charge in [0.15, 0.2) is 0 Å². The summed E-state index contributed by atoms with van der Waals surface area (Å²) in [7, 11) is 0. The maximum atomic E-state index is 4.31. The molecule has 1 fully saturated rings. The summed E-state index contributed by atoms with van der Waals surface area (Å²) in [5.41, 5.74) is 2.58. The number of rotatable bonds is 4. The van der Waals surface area contributed by atoms with E-state index in [0.717, 1.165) is 18.4 Å². The van der Waals surface area contributed by atoms with Gasteiger partial charge in [0.2, 0.25) is 0 Å². The van der Waals surface area contributed by atoms with Gasteiger partial charge in [0.1, 0.15) is 0 Å². The molecule has 0 bridgehead atoms. The van der Waals surface area contributed by atoms with Crippen molar-refractivity contribution in [2.75, 3.05) is 5.32 Å². The SMILES string of the molecule is CC1CCC(Nc2ccccc2Cn2cccn2)C(C)C1. The van der Waals surface area contributed by atoms with Crippen molar-refractivity contribution in [2.24, 2.45) is 11.8 Å². The quantitative estimate of drug-likeness (QED) is 0.912. The Kier molecular flexibility index (Phi) is 4.28. The minimum Gasteiger partial charge on any atom is -0.382 e. The van der Waals surface area contributed by atoms with Crippen LogP contribution in [0.3, 0.4) is 0 Å². The highest BCUT2D eigenvalue weighted by Gasteiger charge is 2.25. The van der Waals surface area contributed by atoms with Gasteiger partial charge in [0, 0.05) is 24.1 Å². The van der Waals surface area contributed by atoms with Crippen molar-refractivity contribution in [3.8, 4) is 0 Å². The Morgan fingerprint density at radius 3 is 2.81 bits per heavy atom. The van der Waals surface area contributed by atoms with Crippen LogP contribution in [-0.4, -0.2) is 15.8 Å². The molecule has 1 heterocycles. The Morgan fingerprint density at radius 1 is 1.19 bits per heavy atom. The summed E-state index contributed by atoms with van der Waals surface area (Å²) < 4.78 is 1.98. The molecular weight excluding hydrogens is 258 g/mol. The van der Waals surface area contributed by atoms with Crippen molar-refractivity contribution in [1.82, 2.24) is 9.78 Å². The summed E-state index contributed by atoms with van der Waals surface area (Å²) in [6, 6.07) is 11.2.